The van der Waals surface area contributed by atoms with Crippen LogP contribution in [0.4, 0.5) is 26.3 Å². The van der Waals surface area contributed by atoms with Gasteiger partial charge in [-0.05, 0) is 29.8 Å². The SMILES string of the molecule is O=C(/C=C/c1cccc(C(F)(F)F)c1)NCc1cccnc1OCC(F)(F)F. The van der Waals surface area contributed by atoms with E-state index in [1.54, 1.807) is 0 Å². The van der Waals surface area contributed by atoms with Crippen molar-refractivity contribution in [2.75, 3.05) is 6.61 Å². The smallest absolute Gasteiger partial charge is 0.422 e. The highest BCUT2D eigenvalue weighted by Crippen LogP contribution is 2.29. The Bertz CT molecular complexity index is 846. The largest absolute Gasteiger partial charge is 0.468 e. The quantitative estimate of drug-likeness (QED) is 0.575. The predicted molar refractivity (Wildman–Crippen MR) is 88.1 cm³/mol. The fourth-order valence-electron chi connectivity index (χ4n) is 2.07. The predicted octanol–water partition coefficient (Wildman–Crippen LogP) is 4.37. The van der Waals surface area contributed by atoms with Gasteiger partial charge >= 0.3 is 12.4 Å². The Balaban J connectivity index is 1.97. The molecule has 0 aliphatic rings. The minimum Gasteiger partial charge on any atom is -0.468 e. The Labute approximate surface area is 155 Å². The van der Waals surface area contributed by atoms with Crippen LogP contribution >= 0.6 is 0 Å². The number of alkyl halides is 6. The molecule has 4 nitrogen and oxygen atoms in total. The van der Waals surface area contributed by atoms with Crippen LogP contribution in [-0.4, -0.2) is 23.7 Å². The maximum absolute atomic E-state index is 12.7. The molecular formula is C18H14F6N2O2. The molecular weight excluding hydrogens is 390 g/mol. The highest BCUT2D eigenvalue weighted by atomic mass is 19.4. The Morgan fingerprint density at radius 3 is 2.54 bits per heavy atom. The lowest BCUT2D eigenvalue weighted by molar-refractivity contribution is -0.154. The van der Waals surface area contributed by atoms with E-state index in [1.807, 2.05) is 0 Å². The van der Waals surface area contributed by atoms with Gasteiger partial charge < -0.3 is 10.1 Å². The van der Waals surface area contributed by atoms with Gasteiger partial charge in [0.25, 0.3) is 0 Å². The van der Waals surface area contributed by atoms with Crippen LogP contribution in [0, 0.1) is 0 Å². The second-order valence-corrected chi connectivity index (χ2v) is 5.55. The van der Waals surface area contributed by atoms with E-state index in [1.165, 1.54) is 36.5 Å². The third-order valence-corrected chi connectivity index (χ3v) is 3.32. The van der Waals surface area contributed by atoms with Crippen molar-refractivity contribution in [3.63, 3.8) is 0 Å². The average molecular weight is 404 g/mol. The Morgan fingerprint density at radius 1 is 1.11 bits per heavy atom. The standard InChI is InChI=1S/C18H14F6N2O2/c19-17(20,21)11-28-16-13(4-2-8-25-16)10-26-15(27)7-6-12-3-1-5-14(9-12)18(22,23)24/h1-9H,10-11H2,(H,26,27)/b7-6+. The normalized spacial score (nSPS) is 12.2. The van der Waals surface area contributed by atoms with Crippen molar-refractivity contribution in [2.24, 2.45) is 0 Å². The maximum atomic E-state index is 12.7. The molecule has 10 heteroatoms. The van der Waals surface area contributed by atoms with E-state index < -0.39 is 30.4 Å². The average Bonchev–Trinajstić information content (AvgIpc) is 2.62. The molecule has 0 aliphatic heterocycles. The molecule has 1 N–H and O–H groups in total. The Kier molecular flexibility index (Phi) is 6.66. The summed E-state index contributed by atoms with van der Waals surface area (Å²) in [7, 11) is 0. The lowest BCUT2D eigenvalue weighted by Crippen LogP contribution is -2.23. The summed E-state index contributed by atoms with van der Waals surface area (Å²) < 4.78 is 79.3. The van der Waals surface area contributed by atoms with Crippen LogP contribution in [0.1, 0.15) is 16.7 Å². The van der Waals surface area contributed by atoms with Crippen LogP contribution in [0.25, 0.3) is 6.08 Å². The first-order valence-corrected chi connectivity index (χ1v) is 7.81. The highest BCUT2D eigenvalue weighted by Gasteiger charge is 2.30. The zero-order valence-corrected chi connectivity index (χ0v) is 14.1. The van der Waals surface area contributed by atoms with Gasteiger partial charge in [0.1, 0.15) is 0 Å². The van der Waals surface area contributed by atoms with E-state index in [9.17, 15) is 31.1 Å². The third kappa shape index (κ3) is 6.93. The molecule has 1 aromatic carbocycles. The second-order valence-electron chi connectivity index (χ2n) is 5.55. The van der Waals surface area contributed by atoms with Crippen molar-refractivity contribution in [1.29, 1.82) is 0 Å². The van der Waals surface area contributed by atoms with Crippen LogP contribution < -0.4 is 10.1 Å². The topological polar surface area (TPSA) is 51.2 Å². The summed E-state index contributed by atoms with van der Waals surface area (Å²) in [4.78, 5) is 15.5. The molecule has 1 amide bonds. The van der Waals surface area contributed by atoms with Gasteiger partial charge in [-0.1, -0.05) is 18.2 Å². The summed E-state index contributed by atoms with van der Waals surface area (Å²) in [6.45, 7) is -1.70. The van der Waals surface area contributed by atoms with Crippen molar-refractivity contribution in [1.82, 2.24) is 10.3 Å². The minimum atomic E-state index is -4.54. The molecule has 150 valence electrons. The van der Waals surface area contributed by atoms with Gasteiger partial charge in [0.05, 0.1) is 5.56 Å². The van der Waals surface area contributed by atoms with Crippen molar-refractivity contribution in [3.8, 4) is 5.88 Å². The molecule has 0 atom stereocenters. The summed E-state index contributed by atoms with van der Waals surface area (Å²) in [5.74, 6) is -0.926. The Morgan fingerprint density at radius 2 is 1.86 bits per heavy atom. The molecule has 2 aromatic rings. The molecule has 0 saturated heterocycles. The minimum absolute atomic E-state index is 0.167. The van der Waals surface area contributed by atoms with Crippen LogP contribution in [-0.2, 0) is 17.5 Å². The number of carbonyl (C=O) groups is 1. The summed E-state index contributed by atoms with van der Waals surface area (Å²) in [6.07, 6.45) is -5.59. The zero-order valence-electron chi connectivity index (χ0n) is 14.1. The molecule has 0 radical (unpaired) electrons. The van der Waals surface area contributed by atoms with Gasteiger partial charge in [0, 0.05) is 24.4 Å². The van der Waals surface area contributed by atoms with E-state index in [0.717, 1.165) is 18.2 Å². The van der Waals surface area contributed by atoms with Gasteiger partial charge in [0.15, 0.2) is 6.61 Å². The van der Waals surface area contributed by atoms with Crippen molar-refractivity contribution in [2.45, 2.75) is 18.9 Å². The van der Waals surface area contributed by atoms with E-state index in [4.69, 9.17) is 0 Å². The van der Waals surface area contributed by atoms with Crippen molar-refractivity contribution in [3.05, 3.63) is 65.4 Å². The monoisotopic (exact) mass is 404 g/mol. The summed E-state index contributed by atoms with van der Waals surface area (Å²) >= 11 is 0. The molecule has 0 unspecified atom stereocenters. The van der Waals surface area contributed by atoms with Crippen LogP contribution in [0.2, 0.25) is 0 Å². The molecule has 2 rings (SSSR count). The number of benzene rings is 1. The first-order chi connectivity index (χ1) is 13.0. The molecule has 1 heterocycles. The van der Waals surface area contributed by atoms with Crippen molar-refractivity contribution < 1.29 is 35.9 Å². The number of hydrogen-bond acceptors (Lipinski definition) is 3. The molecule has 28 heavy (non-hydrogen) atoms. The first-order valence-electron chi connectivity index (χ1n) is 7.81. The van der Waals surface area contributed by atoms with E-state index in [-0.39, 0.29) is 23.6 Å². The zero-order chi connectivity index (χ0) is 20.8. The van der Waals surface area contributed by atoms with E-state index >= 15 is 0 Å². The van der Waals surface area contributed by atoms with Gasteiger partial charge in [-0.3, -0.25) is 4.79 Å². The Hall–Kier alpha value is -3.04. The summed E-state index contributed by atoms with van der Waals surface area (Å²) in [5.41, 5.74) is -0.468. The van der Waals surface area contributed by atoms with Gasteiger partial charge in [-0.25, -0.2) is 4.98 Å². The van der Waals surface area contributed by atoms with Gasteiger partial charge in [0.2, 0.25) is 11.8 Å². The van der Waals surface area contributed by atoms with Gasteiger partial charge in [-0.2, -0.15) is 26.3 Å². The molecule has 0 aliphatic carbocycles. The van der Waals surface area contributed by atoms with Crippen LogP contribution in [0.5, 0.6) is 5.88 Å². The number of pyridine rings is 1. The molecule has 0 spiro atoms. The second kappa shape index (κ2) is 8.77. The number of rotatable bonds is 6. The number of carbonyl (C=O) groups excluding carboxylic acids is 1. The maximum Gasteiger partial charge on any atom is 0.422 e. The summed E-state index contributed by atoms with van der Waals surface area (Å²) in [6, 6.07) is 7.27. The van der Waals surface area contributed by atoms with Crippen LogP contribution in [0.3, 0.4) is 0 Å². The van der Waals surface area contributed by atoms with E-state index in [0.29, 0.717) is 0 Å². The number of hydrogen-bond donors (Lipinski definition) is 1. The lowest BCUT2D eigenvalue weighted by Gasteiger charge is -2.12. The summed E-state index contributed by atoms with van der Waals surface area (Å²) in [5, 5.41) is 2.40. The number of ether oxygens (including phenoxy) is 1. The number of amides is 1. The molecule has 0 bridgehead atoms. The van der Waals surface area contributed by atoms with Crippen LogP contribution in [0.15, 0.2) is 48.7 Å². The van der Waals surface area contributed by atoms with E-state index in [2.05, 4.69) is 15.0 Å². The third-order valence-electron chi connectivity index (χ3n) is 3.32. The molecule has 0 saturated carbocycles. The fraction of sp³-hybridized carbons (Fsp3) is 0.222. The number of nitrogens with one attached hydrogen (secondary N) is 1. The van der Waals surface area contributed by atoms with Gasteiger partial charge in [-0.15, -0.1) is 0 Å². The fourth-order valence-corrected chi connectivity index (χ4v) is 2.07. The lowest BCUT2D eigenvalue weighted by atomic mass is 10.1. The number of nitrogens with zero attached hydrogens (tertiary/aromatic N) is 1. The molecule has 1 aromatic heterocycles. The highest BCUT2D eigenvalue weighted by molar-refractivity contribution is 5.91. The number of halogens is 6. The van der Waals surface area contributed by atoms with Crippen molar-refractivity contribution >= 4 is 12.0 Å². The first kappa shape index (κ1) is 21.3. The molecule has 0 fully saturated rings. The number of aromatic nitrogens is 1.